The Balaban J connectivity index is 1.62. The molecule has 2 aliphatic rings. The molecule has 1 heterocycles. The average molecular weight is 392 g/mol. The average Bonchev–Trinajstić information content (AvgIpc) is 2.65. The molecule has 6 heteroatoms. The molecule has 0 amide bonds. The van der Waals surface area contributed by atoms with Crippen LogP contribution in [0.25, 0.3) is 0 Å². The van der Waals surface area contributed by atoms with Gasteiger partial charge in [-0.1, -0.05) is 30.0 Å². The predicted octanol–water partition coefficient (Wildman–Crippen LogP) is 5.69. The van der Waals surface area contributed by atoms with Crippen LogP contribution in [0.15, 0.2) is 46.2 Å². The van der Waals surface area contributed by atoms with E-state index in [1.165, 1.54) is 29.5 Å². The molecule has 3 N–H and O–H groups in total. The lowest BCUT2D eigenvalue weighted by molar-refractivity contribution is -0.137. The Hall–Kier alpha value is -1.66. The predicted molar refractivity (Wildman–Crippen MR) is 103 cm³/mol. The van der Waals surface area contributed by atoms with Crippen LogP contribution in [-0.2, 0) is 12.6 Å². The highest BCUT2D eigenvalue weighted by molar-refractivity contribution is 7.99. The van der Waals surface area contributed by atoms with Gasteiger partial charge in [0.1, 0.15) is 0 Å². The van der Waals surface area contributed by atoms with E-state index in [1.807, 2.05) is 18.2 Å². The molecule has 0 unspecified atom stereocenters. The fourth-order valence-corrected chi connectivity index (χ4v) is 5.09. The molecule has 0 aromatic heterocycles. The second-order valence-corrected chi connectivity index (χ2v) is 8.63. The molecule has 144 valence electrons. The van der Waals surface area contributed by atoms with E-state index in [0.29, 0.717) is 29.5 Å². The van der Waals surface area contributed by atoms with Gasteiger partial charge in [-0.2, -0.15) is 13.2 Å². The van der Waals surface area contributed by atoms with E-state index in [9.17, 15) is 13.2 Å². The van der Waals surface area contributed by atoms with E-state index in [4.69, 9.17) is 5.73 Å². The fourth-order valence-electron chi connectivity index (χ4n) is 3.95. The first-order chi connectivity index (χ1) is 12.9. The summed E-state index contributed by atoms with van der Waals surface area (Å²) in [5.41, 5.74) is 8.14. The van der Waals surface area contributed by atoms with Gasteiger partial charge in [0.15, 0.2) is 0 Å². The molecule has 1 aliphatic heterocycles. The van der Waals surface area contributed by atoms with Crippen LogP contribution in [0.5, 0.6) is 0 Å². The van der Waals surface area contributed by atoms with Crippen LogP contribution >= 0.6 is 11.8 Å². The van der Waals surface area contributed by atoms with Gasteiger partial charge < -0.3 is 11.1 Å². The zero-order valence-corrected chi connectivity index (χ0v) is 15.8. The van der Waals surface area contributed by atoms with Crippen molar-refractivity contribution >= 4 is 17.4 Å². The largest absolute Gasteiger partial charge is 0.416 e. The molecule has 2 aromatic rings. The minimum Gasteiger partial charge on any atom is -0.384 e. The summed E-state index contributed by atoms with van der Waals surface area (Å²) in [6.45, 7) is 0.701. The Morgan fingerprint density at radius 3 is 2.52 bits per heavy atom. The van der Waals surface area contributed by atoms with E-state index < -0.39 is 11.7 Å². The van der Waals surface area contributed by atoms with Gasteiger partial charge in [0.25, 0.3) is 0 Å². The van der Waals surface area contributed by atoms with E-state index >= 15 is 0 Å². The number of nitrogens with one attached hydrogen (secondary N) is 1. The van der Waals surface area contributed by atoms with Crippen LogP contribution in [0.2, 0.25) is 0 Å². The molecule has 1 saturated carbocycles. The van der Waals surface area contributed by atoms with Crippen LogP contribution in [0.3, 0.4) is 0 Å². The molecule has 1 aliphatic carbocycles. The van der Waals surface area contributed by atoms with Crippen LogP contribution in [-0.4, -0.2) is 12.6 Å². The first-order valence-corrected chi connectivity index (χ1v) is 10.2. The number of halogens is 3. The van der Waals surface area contributed by atoms with Crippen molar-refractivity contribution in [3.8, 4) is 0 Å². The normalized spacial score (nSPS) is 22.1. The molecule has 4 rings (SSSR count). The minimum atomic E-state index is -4.35. The van der Waals surface area contributed by atoms with Crippen molar-refractivity contribution in [2.75, 3.05) is 11.9 Å². The third kappa shape index (κ3) is 4.11. The second-order valence-electron chi connectivity index (χ2n) is 7.55. The van der Waals surface area contributed by atoms with Crippen molar-refractivity contribution in [3.63, 3.8) is 0 Å². The third-order valence-corrected chi connectivity index (χ3v) is 6.77. The summed E-state index contributed by atoms with van der Waals surface area (Å²) < 4.78 is 40.3. The number of hydrogen-bond donors (Lipinski definition) is 2. The molecular formula is C21H23F3N2S. The Kier molecular flexibility index (Phi) is 5.12. The van der Waals surface area contributed by atoms with Gasteiger partial charge in [-0.05, 0) is 60.9 Å². The first-order valence-electron chi connectivity index (χ1n) is 9.39. The molecule has 1 fully saturated rings. The van der Waals surface area contributed by atoms with Crippen molar-refractivity contribution in [2.24, 2.45) is 11.7 Å². The highest BCUT2D eigenvalue weighted by atomic mass is 32.2. The summed E-state index contributed by atoms with van der Waals surface area (Å²) in [7, 11) is 0. The number of anilines is 1. The summed E-state index contributed by atoms with van der Waals surface area (Å²) in [5.74, 6) is 0.471. The van der Waals surface area contributed by atoms with E-state index in [-0.39, 0.29) is 6.04 Å². The minimum absolute atomic E-state index is 0.274. The Labute approximate surface area is 161 Å². The standard InChI is InChI=1S/C21H23F3N2S/c22-21(23,24)15-10-18(26-12-13-5-7-16(25)8-6-13)17-9-14-3-1-2-4-19(14)27-20(17)11-15/h1-4,10-11,13,16,26H,5-9,12,25H2. The summed E-state index contributed by atoms with van der Waals surface area (Å²) in [4.78, 5) is 1.74. The Bertz CT molecular complexity index is 827. The second kappa shape index (κ2) is 7.40. The third-order valence-electron chi connectivity index (χ3n) is 5.57. The quantitative estimate of drug-likeness (QED) is 0.601. The van der Waals surface area contributed by atoms with Crippen LogP contribution in [0.4, 0.5) is 18.9 Å². The van der Waals surface area contributed by atoms with Gasteiger partial charge in [0, 0.05) is 34.5 Å². The van der Waals surface area contributed by atoms with Crippen LogP contribution in [0, 0.1) is 5.92 Å². The van der Waals surface area contributed by atoms with Crippen molar-refractivity contribution in [2.45, 2.75) is 54.1 Å². The van der Waals surface area contributed by atoms with Crippen LogP contribution in [0.1, 0.15) is 42.4 Å². The Morgan fingerprint density at radius 2 is 1.78 bits per heavy atom. The summed E-state index contributed by atoms with van der Waals surface area (Å²) in [6.07, 6.45) is 0.376. The zero-order valence-electron chi connectivity index (χ0n) is 15.0. The lowest BCUT2D eigenvalue weighted by atomic mass is 9.86. The molecule has 27 heavy (non-hydrogen) atoms. The first kappa shape index (κ1) is 18.7. The number of alkyl halides is 3. The van der Waals surface area contributed by atoms with Gasteiger partial charge in [0.2, 0.25) is 0 Å². The van der Waals surface area contributed by atoms with Gasteiger partial charge >= 0.3 is 6.18 Å². The van der Waals surface area contributed by atoms with Crippen molar-refractivity contribution < 1.29 is 13.2 Å². The fraction of sp³-hybridized carbons (Fsp3) is 0.429. The molecule has 2 aromatic carbocycles. The van der Waals surface area contributed by atoms with Gasteiger partial charge in [0.05, 0.1) is 5.56 Å². The maximum Gasteiger partial charge on any atom is 0.416 e. The lowest BCUT2D eigenvalue weighted by Crippen LogP contribution is -2.29. The summed E-state index contributed by atoms with van der Waals surface area (Å²) in [5, 5.41) is 3.35. The van der Waals surface area contributed by atoms with Crippen molar-refractivity contribution in [1.82, 2.24) is 0 Å². The smallest absolute Gasteiger partial charge is 0.384 e. The topological polar surface area (TPSA) is 38.0 Å². The zero-order chi connectivity index (χ0) is 19.0. The van der Waals surface area contributed by atoms with E-state index in [0.717, 1.165) is 36.1 Å². The van der Waals surface area contributed by atoms with Gasteiger partial charge in [-0.15, -0.1) is 0 Å². The Morgan fingerprint density at radius 1 is 1.04 bits per heavy atom. The SMILES string of the molecule is NC1CCC(CNc2cc(C(F)(F)F)cc3c2Cc2ccccc2S3)CC1. The highest BCUT2D eigenvalue weighted by Gasteiger charge is 2.33. The molecule has 0 saturated heterocycles. The molecule has 0 spiro atoms. The number of hydrogen-bond acceptors (Lipinski definition) is 3. The number of nitrogens with two attached hydrogens (primary N) is 1. The molecule has 0 atom stereocenters. The number of benzene rings is 2. The van der Waals surface area contributed by atoms with Gasteiger partial charge in [-0.25, -0.2) is 0 Å². The number of fused-ring (bicyclic) bond motifs is 2. The molecular weight excluding hydrogens is 369 g/mol. The maximum absolute atomic E-state index is 13.4. The summed E-state index contributed by atoms with van der Waals surface area (Å²) >= 11 is 1.43. The molecule has 0 bridgehead atoms. The van der Waals surface area contributed by atoms with Crippen molar-refractivity contribution in [1.29, 1.82) is 0 Å². The maximum atomic E-state index is 13.4. The molecule has 0 radical (unpaired) electrons. The van der Waals surface area contributed by atoms with Crippen LogP contribution < -0.4 is 11.1 Å². The lowest BCUT2D eigenvalue weighted by Gasteiger charge is -2.28. The summed E-state index contributed by atoms with van der Waals surface area (Å²) in [6, 6.07) is 10.8. The van der Waals surface area contributed by atoms with Gasteiger partial charge in [-0.3, -0.25) is 0 Å². The monoisotopic (exact) mass is 392 g/mol. The molecule has 2 nitrogen and oxygen atoms in total. The highest BCUT2D eigenvalue weighted by Crippen LogP contribution is 2.45. The van der Waals surface area contributed by atoms with Crippen molar-refractivity contribution in [3.05, 3.63) is 53.1 Å². The van der Waals surface area contributed by atoms with E-state index in [2.05, 4.69) is 11.4 Å². The number of rotatable bonds is 3. The van der Waals surface area contributed by atoms with E-state index in [1.54, 1.807) is 0 Å².